The van der Waals surface area contributed by atoms with Crippen molar-refractivity contribution in [3.8, 4) is 5.75 Å². The predicted molar refractivity (Wildman–Crippen MR) is 100.0 cm³/mol. The van der Waals surface area contributed by atoms with Crippen molar-refractivity contribution in [1.29, 1.82) is 0 Å². The molecule has 4 aromatic carbocycles. The van der Waals surface area contributed by atoms with Crippen LogP contribution in [0.5, 0.6) is 5.75 Å². The number of hydrogen-bond donors (Lipinski definition) is 0. The van der Waals surface area contributed by atoms with Gasteiger partial charge in [0.25, 0.3) is 0 Å². The maximum atomic E-state index is 13.3. The van der Waals surface area contributed by atoms with E-state index in [0.29, 0.717) is 5.39 Å². The van der Waals surface area contributed by atoms with Gasteiger partial charge in [0.2, 0.25) is 0 Å². The van der Waals surface area contributed by atoms with Gasteiger partial charge in [-0.25, -0.2) is 0 Å². The van der Waals surface area contributed by atoms with Crippen molar-refractivity contribution >= 4 is 32.3 Å². The minimum absolute atomic E-state index is 0.626. The van der Waals surface area contributed by atoms with Crippen molar-refractivity contribution in [1.82, 2.24) is 0 Å². The topological polar surface area (TPSA) is 9.23 Å². The molecule has 1 nitrogen and oxygen atoms in total. The first kappa shape index (κ1) is 16.7. The van der Waals surface area contributed by atoms with Crippen molar-refractivity contribution in [2.24, 2.45) is 0 Å². The number of aryl methyl sites for hydroxylation is 2. The fourth-order valence-corrected chi connectivity index (χ4v) is 3.81. The third-order valence-electron chi connectivity index (χ3n) is 4.90. The number of alkyl halides is 3. The second-order valence-electron chi connectivity index (χ2n) is 6.67. The van der Waals surface area contributed by atoms with E-state index in [0.717, 1.165) is 49.9 Å². The zero-order valence-corrected chi connectivity index (χ0v) is 14.7. The van der Waals surface area contributed by atoms with Gasteiger partial charge >= 0.3 is 6.18 Å². The fraction of sp³-hybridized carbons (Fsp3) is 0.182. The van der Waals surface area contributed by atoms with Gasteiger partial charge in [-0.05, 0) is 76.0 Å². The smallest absolute Gasteiger partial charge is 0.416 e. The lowest BCUT2D eigenvalue weighted by molar-refractivity contribution is -0.137. The maximum Gasteiger partial charge on any atom is 0.416 e. The molecule has 0 aliphatic rings. The van der Waals surface area contributed by atoms with E-state index in [2.05, 4.69) is 0 Å². The van der Waals surface area contributed by atoms with Crippen molar-refractivity contribution in [3.63, 3.8) is 0 Å². The number of halogens is 3. The molecule has 0 saturated carbocycles. The van der Waals surface area contributed by atoms with Crippen LogP contribution in [0.1, 0.15) is 16.7 Å². The monoisotopic (exact) mass is 354 g/mol. The molecule has 0 radical (unpaired) electrons. The van der Waals surface area contributed by atoms with Crippen molar-refractivity contribution in [3.05, 3.63) is 65.2 Å². The van der Waals surface area contributed by atoms with Gasteiger partial charge in [0.05, 0.1) is 12.7 Å². The van der Waals surface area contributed by atoms with Crippen LogP contribution in [0.25, 0.3) is 32.3 Å². The predicted octanol–water partition coefficient (Wildman–Crippen LogP) is 6.79. The van der Waals surface area contributed by atoms with Gasteiger partial charge in [0.15, 0.2) is 0 Å². The summed E-state index contributed by atoms with van der Waals surface area (Å²) in [7, 11) is 1.61. The number of rotatable bonds is 1. The molecule has 0 amide bonds. The summed E-state index contributed by atoms with van der Waals surface area (Å²) in [5, 5.41) is 5.16. The molecule has 0 bridgehead atoms. The van der Waals surface area contributed by atoms with Crippen LogP contribution in [0, 0.1) is 13.8 Å². The van der Waals surface area contributed by atoms with Crippen molar-refractivity contribution in [2.45, 2.75) is 20.0 Å². The van der Waals surface area contributed by atoms with Gasteiger partial charge < -0.3 is 4.74 Å². The molecular weight excluding hydrogens is 337 g/mol. The molecule has 0 aliphatic carbocycles. The molecule has 0 unspecified atom stereocenters. The number of methoxy groups -OCH3 is 1. The Morgan fingerprint density at radius 3 is 2.08 bits per heavy atom. The van der Waals surface area contributed by atoms with Gasteiger partial charge in [-0.15, -0.1) is 0 Å². The van der Waals surface area contributed by atoms with Crippen LogP contribution in [0.2, 0.25) is 0 Å². The zero-order chi connectivity index (χ0) is 18.6. The highest BCUT2D eigenvalue weighted by Gasteiger charge is 2.30. The Labute approximate surface area is 149 Å². The highest BCUT2D eigenvalue weighted by Crippen LogP contribution is 2.41. The Morgan fingerprint density at radius 1 is 0.731 bits per heavy atom. The molecule has 0 fully saturated rings. The minimum atomic E-state index is -4.37. The Morgan fingerprint density at radius 2 is 1.38 bits per heavy atom. The van der Waals surface area contributed by atoms with Crippen LogP contribution in [0.4, 0.5) is 13.2 Å². The van der Waals surface area contributed by atoms with Gasteiger partial charge in [0.1, 0.15) is 5.75 Å². The highest BCUT2D eigenvalue weighted by atomic mass is 19.4. The fourth-order valence-electron chi connectivity index (χ4n) is 3.81. The molecule has 0 heterocycles. The molecule has 4 heteroatoms. The summed E-state index contributed by atoms with van der Waals surface area (Å²) in [6.07, 6.45) is -4.37. The Hall–Kier alpha value is -2.75. The normalized spacial score (nSPS) is 12.2. The first-order valence-corrected chi connectivity index (χ1v) is 8.31. The SMILES string of the molecule is COc1ccc2c(c1)c1cc(C)cc(C)c1c1cc(C(F)(F)F)ccc21. The summed E-state index contributed by atoms with van der Waals surface area (Å²) in [5.41, 5.74) is 1.42. The quantitative estimate of drug-likeness (QED) is 0.342. The van der Waals surface area contributed by atoms with E-state index in [4.69, 9.17) is 4.74 Å². The van der Waals surface area contributed by atoms with Crippen LogP contribution < -0.4 is 4.74 Å². The molecule has 0 aliphatic heterocycles. The molecule has 0 spiro atoms. The average molecular weight is 354 g/mol. The third-order valence-corrected chi connectivity index (χ3v) is 4.90. The average Bonchev–Trinajstić information content (AvgIpc) is 2.59. The van der Waals surface area contributed by atoms with Crippen LogP contribution >= 0.6 is 0 Å². The Balaban J connectivity index is 2.29. The van der Waals surface area contributed by atoms with Crippen LogP contribution in [0.15, 0.2) is 48.5 Å². The first-order chi connectivity index (χ1) is 12.3. The van der Waals surface area contributed by atoms with E-state index in [-0.39, 0.29) is 0 Å². The Kier molecular flexibility index (Phi) is 3.62. The summed E-state index contributed by atoms with van der Waals surface area (Å²) in [6.45, 7) is 3.94. The molecule has 0 atom stereocenters. The standard InChI is InChI=1S/C22H17F3O/c1-12-8-13(2)21-19(9-12)18-11-15(26-3)5-7-16(18)17-6-4-14(10-20(17)21)22(23,24)25/h4-11H,1-3H3. The molecule has 0 aromatic heterocycles. The molecule has 0 N–H and O–H groups in total. The summed E-state index contributed by atoms with van der Waals surface area (Å²) >= 11 is 0. The van der Waals surface area contributed by atoms with E-state index in [9.17, 15) is 13.2 Å². The molecule has 26 heavy (non-hydrogen) atoms. The van der Waals surface area contributed by atoms with Gasteiger partial charge in [0, 0.05) is 0 Å². The molecule has 132 valence electrons. The first-order valence-electron chi connectivity index (χ1n) is 8.31. The lowest BCUT2D eigenvalue weighted by Crippen LogP contribution is -2.04. The largest absolute Gasteiger partial charge is 0.497 e. The van der Waals surface area contributed by atoms with Gasteiger partial charge in [-0.3, -0.25) is 0 Å². The second-order valence-corrected chi connectivity index (χ2v) is 6.67. The summed E-state index contributed by atoms with van der Waals surface area (Å²) in [4.78, 5) is 0. The zero-order valence-electron chi connectivity index (χ0n) is 14.7. The molecular formula is C22H17F3O. The highest BCUT2D eigenvalue weighted by molar-refractivity contribution is 6.26. The second kappa shape index (κ2) is 5.63. The maximum absolute atomic E-state index is 13.3. The van der Waals surface area contributed by atoms with Gasteiger partial charge in [-0.2, -0.15) is 13.2 Å². The van der Waals surface area contributed by atoms with Crippen LogP contribution in [0.3, 0.4) is 0 Å². The van der Waals surface area contributed by atoms with E-state index in [1.807, 2.05) is 44.2 Å². The lowest BCUT2D eigenvalue weighted by Gasteiger charge is -2.16. The summed E-state index contributed by atoms with van der Waals surface area (Å²) in [5.74, 6) is 0.726. The van der Waals surface area contributed by atoms with Crippen molar-refractivity contribution in [2.75, 3.05) is 7.11 Å². The van der Waals surface area contributed by atoms with E-state index in [1.54, 1.807) is 13.2 Å². The van der Waals surface area contributed by atoms with Crippen molar-refractivity contribution < 1.29 is 17.9 Å². The van der Waals surface area contributed by atoms with E-state index < -0.39 is 11.7 Å². The third kappa shape index (κ3) is 2.48. The number of benzene rings is 4. The van der Waals surface area contributed by atoms with E-state index in [1.165, 1.54) is 6.07 Å². The summed E-state index contributed by atoms with van der Waals surface area (Å²) < 4.78 is 45.2. The lowest BCUT2D eigenvalue weighted by atomic mass is 9.90. The number of ether oxygens (including phenoxy) is 1. The molecule has 0 saturated heterocycles. The minimum Gasteiger partial charge on any atom is -0.497 e. The van der Waals surface area contributed by atoms with E-state index >= 15 is 0 Å². The summed E-state index contributed by atoms with van der Waals surface area (Å²) in [6, 6.07) is 13.7. The van der Waals surface area contributed by atoms with Gasteiger partial charge in [-0.1, -0.05) is 29.8 Å². The molecule has 4 rings (SSSR count). The van der Waals surface area contributed by atoms with Crippen LogP contribution in [-0.2, 0) is 6.18 Å². The Bertz CT molecular complexity index is 1170. The number of fused-ring (bicyclic) bond motifs is 6. The number of hydrogen-bond acceptors (Lipinski definition) is 1. The molecule has 4 aromatic rings. The van der Waals surface area contributed by atoms with Crippen LogP contribution in [-0.4, -0.2) is 7.11 Å².